The molecule has 1 aromatic rings. The normalized spacial score (nSPS) is 11.6. The van der Waals surface area contributed by atoms with Crippen molar-refractivity contribution in [1.29, 1.82) is 0 Å². The highest BCUT2D eigenvalue weighted by Gasteiger charge is 2.19. The minimum Gasteiger partial charge on any atom is -0.463 e. The lowest BCUT2D eigenvalue weighted by Gasteiger charge is -2.10. The molecular weight excluding hydrogens is 299 g/mol. The summed E-state index contributed by atoms with van der Waals surface area (Å²) in [4.78, 5) is 11.4. The predicted molar refractivity (Wildman–Crippen MR) is 69.4 cm³/mol. The molecule has 0 aliphatic rings. The van der Waals surface area contributed by atoms with Crippen molar-refractivity contribution in [3.8, 4) is 0 Å². The Hall–Kier alpha value is -0.780. The number of halogens is 2. The molecular formula is C11H12Cl2O4S. The van der Waals surface area contributed by atoms with Crippen LogP contribution in [0.15, 0.2) is 23.1 Å². The Kier molecular flexibility index (Phi) is 5.01. The largest absolute Gasteiger partial charge is 0.463 e. The van der Waals surface area contributed by atoms with Crippen LogP contribution in [-0.4, -0.2) is 20.5 Å². The van der Waals surface area contributed by atoms with Gasteiger partial charge in [-0.2, -0.15) is 0 Å². The maximum Gasteiger partial charge on any atom is 0.310 e. The average molecular weight is 311 g/mol. The highest BCUT2D eigenvalue weighted by molar-refractivity contribution is 8.13. The molecule has 0 fully saturated rings. The summed E-state index contributed by atoms with van der Waals surface area (Å²) in [6.07, 6.45) is -0.465. The molecule has 0 N–H and O–H groups in total. The van der Waals surface area contributed by atoms with E-state index in [2.05, 4.69) is 0 Å². The van der Waals surface area contributed by atoms with Crippen LogP contribution in [0.25, 0.3) is 0 Å². The van der Waals surface area contributed by atoms with E-state index in [0.29, 0.717) is 5.02 Å². The second kappa shape index (κ2) is 5.91. The smallest absolute Gasteiger partial charge is 0.310 e. The van der Waals surface area contributed by atoms with Gasteiger partial charge in [0.15, 0.2) is 0 Å². The van der Waals surface area contributed by atoms with Gasteiger partial charge in [-0.05, 0) is 37.6 Å². The molecule has 0 aromatic heterocycles. The maximum atomic E-state index is 11.5. The summed E-state index contributed by atoms with van der Waals surface area (Å²) in [6.45, 7) is 3.41. The Morgan fingerprint density at radius 3 is 2.50 bits per heavy atom. The summed E-state index contributed by atoms with van der Waals surface area (Å²) < 4.78 is 27.6. The minimum atomic E-state index is -3.92. The van der Waals surface area contributed by atoms with Gasteiger partial charge in [0.2, 0.25) is 0 Å². The van der Waals surface area contributed by atoms with Gasteiger partial charge in [0.1, 0.15) is 0 Å². The van der Waals surface area contributed by atoms with E-state index < -0.39 is 15.0 Å². The molecule has 0 aliphatic carbocycles. The zero-order valence-corrected chi connectivity index (χ0v) is 12.1. The van der Waals surface area contributed by atoms with Crippen LogP contribution in [0.2, 0.25) is 5.02 Å². The molecule has 7 heteroatoms. The van der Waals surface area contributed by atoms with Crippen LogP contribution in [0.3, 0.4) is 0 Å². The molecule has 4 nitrogen and oxygen atoms in total. The Morgan fingerprint density at radius 2 is 2.00 bits per heavy atom. The molecule has 0 saturated heterocycles. The molecule has 0 amide bonds. The number of benzene rings is 1. The molecule has 0 radical (unpaired) electrons. The molecule has 1 aromatic carbocycles. The first-order chi connectivity index (χ1) is 8.20. The van der Waals surface area contributed by atoms with E-state index in [1.54, 1.807) is 13.8 Å². The van der Waals surface area contributed by atoms with Gasteiger partial charge >= 0.3 is 5.97 Å². The number of hydrogen-bond acceptors (Lipinski definition) is 4. The van der Waals surface area contributed by atoms with Crippen LogP contribution < -0.4 is 0 Å². The van der Waals surface area contributed by atoms with E-state index >= 15 is 0 Å². The molecule has 0 unspecified atom stereocenters. The van der Waals surface area contributed by atoms with Crippen molar-refractivity contribution in [3.63, 3.8) is 0 Å². The second-order valence-corrected chi connectivity index (χ2v) is 6.88. The summed E-state index contributed by atoms with van der Waals surface area (Å²) in [5, 5.41) is 0.325. The molecule has 0 aliphatic heterocycles. The fourth-order valence-corrected chi connectivity index (χ4v) is 2.71. The highest BCUT2D eigenvalue weighted by Crippen LogP contribution is 2.24. The van der Waals surface area contributed by atoms with Gasteiger partial charge in [0, 0.05) is 15.7 Å². The summed E-state index contributed by atoms with van der Waals surface area (Å²) >= 11 is 5.77. The fourth-order valence-electron chi connectivity index (χ4n) is 1.38. The van der Waals surface area contributed by atoms with Gasteiger partial charge < -0.3 is 4.74 Å². The van der Waals surface area contributed by atoms with Crippen LogP contribution in [0.4, 0.5) is 0 Å². The van der Waals surface area contributed by atoms with E-state index in [9.17, 15) is 13.2 Å². The first-order valence-corrected chi connectivity index (χ1v) is 7.81. The first-order valence-electron chi connectivity index (χ1n) is 5.12. The van der Waals surface area contributed by atoms with Crippen molar-refractivity contribution in [3.05, 3.63) is 28.8 Å². The van der Waals surface area contributed by atoms with Crippen molar-refractivity contribution in [1.82, 2.24) is 0 Å². The third-order valence-electron chi connectivity index (χ3n) is 1.99. The van der Waals surface area contributed by atoms with E-state index in [1.807, 2.05) is 0 Å². The van der Waals surface area contributed by atoms with Crippen molar-refractivity contribution in [2.24, 2.45) is 0 Å². The molecule has 0 bridgehead atoms. The van der Waals surface area contributed by atoms with Crippen LogP contribution in [0, 0.1) is 0 Å². The molecule has 0 saturated carbocycles. The molecule has 0 heterocycles. The minimum absolute atomic E-state index is 0.130. The third kappa shape index (κ3) is 4.48. The molecule has 100 valence electrons. The fraction of sp³-hybridized carbons (Fsp3) is 0.364. The SMILES string of the molecule is CC(C)OC(=O)Cc1cc(Cl)ccc1S(=O)(=O)Cl. The average Bonchev–Trinajstić information content (AvgIpc) is 2.13. The quantitative estimate of drug-likeness (QED) is 0.634. The second-order valence-electron chi connectivity index (χ2n) is 3.91. The van der Waals surface area contributed by atoms with Gasteiger partial charge in [0.05, 0.1) is 17.4 Å². The number of carbonyl (C=O) groups excluding carboxylic acids is 1. The van der Waals surface area contributed by atoms with E-state index in [4.69, 9.17) is 27.0 Å². The maximum absolute atomic E-state index is 11.5. The van der Waals surface area contributed by atoms with Crippen LogP contribution >= 0.6 is 22.3 Å². The standard InChI is InChI=1S/C11H12Cl2O4S/c1-7(2)17-11(14)6-8-5-9(12)3-4-10(8)18(13,15)16/h3-5,7H,6H2,1-2H3. The van der Waals surface area contributed by atoms with Crippen molar-refractivity contribution in [2.75, 3.05) is 0 Å². The molecule has 18 heavy (non-hydrogen) atoms. The summed E-state index contributed by atoms with van der Waals surface area (Å²) in [6, 6.07) is 4.05. The Labute approximate surface area is 115 Å². The lowest BCUT2D eigenvalue weighted by atomic mass is 10.1. The first kappa shape index (κ1) is 15.3. The molecule has 0 spiro atoms. The molecule has 1 rings (SSSR count). The Bertz CT molecular complexity index is 552. The highest BCUT2D eigenvalue weighted by atomic mass is 35.7. The van der Waals surface area contributed by atoms with E-state index in [-0.39, 0.29) is 23.0 Å². The van der Waals surface area contributed by atoms with Gasteiger partial charge in [-0.1, -0.05) is 11.6 Å². The summed E-state index contributed by atoms with van der Waals surface area (Å²) in [5.74, 6) is -0.533. The van der Waals surface area contributed by atoms with E-state index in [0.717, 1.165) is 0 Å². The monoisotopic (exact) mass is 310 g/mol. The van der Waals surface area contributed by atoms with Gasteiger partial charge in [-0.25, -0.2) is 8.42 Å². The summed E-state index contributed by atoms with van der Waals surface area (Å²) in [5.41, 5.74) is 0.225. The van der Waals surface area contributed by atoms with Crippen LogP contribution in [-0.2, 0) is 25.0 Å². The van der Waals surface area contributed by atoms with Crippen molar-refractivity contribution in [2.45, 2.75) is 31.3 Å². The van der Waals surface area contributed by atoms with Gasteiger partial charge in [-0.3, -0.25) is 4.79 Å². The zero-order valence-electron chi connectivity index (χ0n) is 9.81. The number of hydrogen-bond donors (Lipinski definition) is 0. The van der Waals surface area contributed by atoms with Crippen molar-refractivity contribution < 1.29 is 17.9 Å². The number of rotatable bonds is 4. The third-order valence-corrected chi connectivity index (χ3v) is 3.64. The topological polar surface area (TPSA) is 60.4 Å². The Morgan fingerprint density at radius 1 is 1.39 bits per heavy atom. The lowest BCUT2D eigenvalue weighted by molar-refractivity contribution is -0.146. The number of carbonyl (C=O) groups is 1. The Balaban J connectivity index is 3.08. The van der Waals surface area contributed by atoms with Crippen LogP contribution in [0.5, 0.6) is 0 Å². The zero-order chi connectivity index (χ0) is 13.9. The van der Waals surface area contributed by atoms with Crippen LogP contribution in [0.1, 0.15) is 19.4 Å². The van der Waals surface area contributed by atoms with E-state index in [1.165, 1.54) is 18.2 Å². The number of ether oxygens (including phenoxy) is 1. The summed E-state index contributed by atoms with van der Waals surface area (Å²) in [7, 11) is 1.36. The lowest BCUT2D eigenvalue weighted by Crippen LogP contribution is -2.15. The molecule has 0 atom stereocenters. The van der Waals surface area contributed by atoms with Crippen molar-refractivity contribution >= 4 is 37.3 Å². The van der Waals surface area contributed by atoms with Gasteiger partial charge in [-0.15, -0.1) is 0 Å². The number of esters is 1. The van der Waals surface area contributed by atoms with Gasteiger partial charge in [0.25, 0.3) is 9.05 Å². The predicted octanol–water partition coefficient (Wildman–Crippen LogP) is 2.76.